The van der Waals surface area contributed by atoms with Crippen molar-refractivity contribution in [1.82, 2.24) is 0 Å². The van der Waals surface area contributed by atoms with Gasteiger partial charge in [-0.2, -0.15) is 0 Å². The molecule has 0 amide bonds. The zero-order valence-electron chi connectivity index (χ0n) is 48.0. The van der Waals surface area contributed by atoms with E-state index in [0.29, 0.717) is 13.0 Å². The molecule has 0 bridgehead atoms. The summed E-state index contributed by atoms with van der Waals surface area (Å²) in [7, 11) is 0. The fourth-order valence-electron chi connectivity index (χ4n) is 9.88. The molecule has 14 nitrogen and oxygen atoms in total. The zero-order chi connectivity index (χ0) is 55.1. The predicted octanol–water partition coefficient (Wildman–Crippen LogP) is 11.7. The minimum Gasteiger partial charge on any atom is -0.457 e. The van der Waals surface area contributed by atoms with E-state index >= 15 is 0 Å². The number of carbonyl (C=O) groups is 1. The summed E-state index contributed by atoms with van der Waals surface area (Å²) >= 11 is 0. The number of carbonyl (C=O) groups excluding carboxylic acids is 1. The van der Waals surface area contributed by atoms with Crippen molar-refractivity contribution in [2.75, 3.05) is 33.0 Å². The Morgan fingerprint density at radius 3 is 1.28 bits per heavy atom. The van der Waals surface area contributed by atoms with Gasteiger partial charge in [-0.3, -0.25) is 4.79 Å². The van der Waals surface area contributed by atoms with Crippen molar-refractivity contribution in [3.63, 3.8) is 0 Å². The van der Waals surface area contributed by atoms with E-state index in [0.717, 1.165) is 57.8 Å². The van der Waals surface area contributed by atoms with Crippen LogP contribution in [0.1, 0.15) is 251 Å². The summed E-state index contributed by atoms with van der Waals surface area (Å²) in [5.74, 6) is -0.373. The Balaban J connectivity index is 1.69. The molecule has 0 saturated carbocycles. The van der Waals surface area contributed by atoms with E-state index in [2.05, 4.69) is 50.3 Å². The molecule has 0 radical (unpaired) electrons. The second-order valence-electron chi connectivity index (χ2n) is 21.9. The molecular weight excluding hydrogens is 969 g/mol. The Kier molecular flexibility index (Phi) is 45.4. The monoisotopic (exact) mass is 1080 g/mol. The molecule has 2 saturated heterocycles. The van der Waals surface area contributed by atoms with Crippen LogP contribution in [0.25, 0.3) is 0 Å². The van der Waals surface area contributed by atoms with Crippen LogP contribution in [-0.4, -0.2) is 142 Å². The summed E-state index contributed by atoms with van der Waals surface area (Å²) in [5, 5.41) is 72.4. The molecule has 2 fully saturated rings. The van der Waals surface area contributed by atoms with E-state index in [1.807, 2.05) is 0 Å². The van der Waals surface area contributed by atoms with Crippen LogP contribution >= 0.6 is 0 Å². The van der Waals surface area contributed by atoms with Gasteiger partial charge in [0.1, 0.15) is 54.9 Å². The molecule has 446 valence electrons. The maximum absolute atomic E-state index is 13.1. The molecule has 2 heterocycles. The zero-order valence-corrected chi connectivity index (χ0v) is 48.0. The largest absolute Gasteiger partial charge is 0.457 e. The van der Waals surface area contributed by atoms with Gasteiger partial charge in [0.05, 0.1) is 26.4 Å². The molecular formula is C62H114O14. The predicted molar refractivity (Wildman–Crippen MR) is 303 cm³/mol. The van der Waals surface area contributed by atoms with Crippen LogP contribution in [0, 0.1) is 0 Å². The summed E-state index contributed by atoms with van der Waals surface area (Å²) < 4.78 is 34.5. The first-order valence-corrected chi connectivity index (χ1v) is 31.1. The van der Waals surface area contributed by atoms with Gasteiger partial charge in [0.25, 0.3) is 0 Å². The van der Waals surface area contributed by atoms with E-state index in [1.165, 1.54) is 167 Å². The van der Waals surface area contributed by atoms with Gasteiger partial charge in [0.15, 0.2) is 12.6 Å². The average molecular weight is 1080 g/mol. The van der Waals surface area contributed by atoms with Crippen molar-refractivity contribution in [3.05, 3.63) is 36.5 Å². The van der Waals surface area contributed by atoms with Crippen LogP contribution in [-0.2, 0) is 33.2 Å². The van der Waals surface area contributed by atoms with E-state index in [1.54, 1.807) is 0 Å². The van der Waals surface area contributed by atoms with Crippen LogP contribution in [0.5, 0.6) is 0 Å². The number of ether oxygens (including phenoxy) is 6. The number of esters is 1. The molecule has 11 atom stereocenters. The Labute approximate surface area is 461 Å². The Bertz CT molecular complexity index is 1400. The number of unbranched alkanes of at least 4 members (excludes halogenated alkanes) is 31. The van der Waals surface area contributed by atoms with Crippen molar-refractivity contribution in [3.8, 4) is 0 Å². The Hall–Kier alpha value is -1.79. The minimum absolute atomic E-state index is 0.0609. The van der Waals surface area contributed by atoms with Crippen LogP contribution < -0.4 is 0 Å². The van der Waals surface area contributed by atoms with Crippen molar-refractivity contribution in [2.45, 2.75) is 319 Å². The van der Waals surface area contributed by atoms with Gasteiger partial charge >= 0.3 is 5.97 Å². The van der Waals surface area contributed by atoms with Crippen LogP contribution in [0.3, 0.4) is 0 Å². The highest BCUT2D eigenvalue weighted by Gasteiger charge is 2.47. The molecule has 0 aromatic rings. The quantitative estimate of drug-likeness (QED) is 0.0172. The van der Waals surface area contributed by atoms with E-state index in [4.69, 9.17) is 28.4 Å². The summed E-state index contributed by atoms with van der Waals surface area (Å²) in [6.07, 6.45) is 42.0. The van der Waals surface area contributed by atoms with Crippen LogP contribution in [0.15, 0.2) is 36.5 Å². The molecule has 2 rings (SSSR count). The maximum Gasteiger partial charge on any atom is 0.306 e. The number of aliphatic hydroxyl groups excluding tert-OH is 7. The number of rotatable bonds is 51. The number of hydrogen-bond acceptors (Lipinski definition) is 14. The van der Waals surface area contributed by atoms with Crippen LogP contribution in [0.2, 0.25) is 0 Å². The van der Waals surface area contributed by atoms with Crippen molar-refractivity contribution >= 4 is 5.97 Å². The lowest BCUT2D eigenvalue weighted by atomic mass is 9.98. The molecule has 14 heteroatoms. The highest BCUT2D eigenvalue weighted by molar-refractivity contribution is 5.69. The van der Waals surface area contributed by atoms with Gasteiger partial charge in [-0.05, 0) is 51.4 Å². The van der Waals surface area contributed by atoms with Gasteiger partial charge in [-0.25, -0.2) is 0 Å². The van der Waals surface area contributed by atoms with Gasteiger partial charge < -0.3 is 64.2 Å². The molecule has 76 heavy (non-hydrogen) atoms. The van der Waals surface area contributed by atoms with E-state index in [-0.39, 0.29) is 25.6 Å². The van der Waals surface area contributed by atoms with Gasteiger partial charge in [0, 0.05) is 13.0 Å². The maximum atomic E-state index is 13.1. The molecule has 0 spiro atoms. The molecule has 0 aliphatic carbocycles. The average Bonchev–Trinajstić information content (AvgIpc) is 3.42. The lowest BCUT2D eigenvalue weighted by Crippen LogP contribution is -2.61. The lowest BCUT2D eigenvalue weighted by molar-refractivity contribution is -0.332. The molecule has 0 aromatic heterocycles. The summed E-state index contributed by atoms with van der Waals surface area (Å²) in [4.78, 5) is 13.1. The first-order valence-electron chi connectivity index (χ1n) is 31.1. The highest BCUT2D eigenvalue weighted by atomic mass is 16.7. The Morgan fingerprint density at radius 2 is 0.816 bits per heavy atom. The third-order valence-corrected chi connectivity index (χ3v) is 14.9. The summed E-state index contributed by atoms with van der Waals surface area (Å²) in [5.41, 5.74) is 0. The van der Waals surface area contributed by atoms with Gasteiger partial charge in [0.2, 0.25) is 0 Å². The minimum atomic E-state index is -1.71. The molecule has 11 unspecified atom stereocenters. The number of aliphatic hydroxyl groups is 7. The summed E-state index contributed by atoms with van der Waals surface area (Å²) in [6.45, 7) is 3.71. The second kappa shape index (κ2) is 49.1. The fraction of sp³-hybridized carbons (Fsp3) is 0.887. The van der Waals surface area contributed by atoms with Gasteiger partial charge in [-0.15, -0.1) is 0 Å². The lowest BCUT2D eigenvalue weighted by Gasteiger charge is -2.42. The fourth-order valence-corrected chi connectivity index (χ4v) is 9.88. The van der Waals surface area contributed by atoms with Crippen molar-refractivity contribution in [1.29, 1.82) is 0 Å². The SMILES string of the molecule is CCCCCCC/C=C\C/C=C\C/C=C\CCCCCCCCCCCOCC(COC1OC(COC2OC(CO)C(O)C(O)C2O)C(O)C(O)C1O)OC(=O)CCCCCCCCCCCCCCCCCCCC. The van der Waals surface area contributed by atoms with Crippen molar-refractivity contribution < 1.29 is 69.0 Å². The third-order valence-electron chi connectivity index (χ3n) is 14.9. The topological polar surface area (TPSA) is 214 Å². The first-order chi connectivity index (χ1) is 37.1. The van der Waals surface area contributed by atoms with Crippen molar-refractivity contribution in [2.24, 2.45) is 0 Å². The standard InChI is InChI=1S/C62H114O14/c1-3-5-7-9-11-13-15-17-19-21-23-24-25-26-27-28-30-32-34-36-38-40-42-44-46-71-48-51(74-54(64)45-43-41-39-37-35-33-31-29-22-20-18-16-14-12-10-8-6-4-2)49-72-61-60(70)58(68)56(66)53(76-61)50-73-62-59(69)57(67)55(65)52(47-63)75-62/h15,17,21,23,25-26,51-53,55-63,65-70H,3-14,16,18-20,22,24,27-50H2,1-2H3/b17-15-,23-21-,26-25-. The Morgan fingerprint density at radius 1 is 0.434 bits per heavy atom. The highest BCUT2D eigenvalue weighted by Crippen LogP contribution is 2.27. The molecule has 2 aliphatic heterocycles. The van der Waals surface area contributed by atoms with Gasteiger partial charge in [-0.1, -0.05) is 230 Å². The smallest absolute Gasteiger partial charge is 0.306 e. The second-order valence-corrected chi connectivity index (χ2v) is 21.9. The number of allylic oxidation sites excluding steroid dienone is 6. The van der Waals surface area contributed by atoms with E-state index < -0.39 is 80.7 Å². The molecule has 2 aliphatic rings. The third kappa shape index (κ3) is 35.1. The molecule has 7 N–H and O–H groups in total. The van der Waals surface area contributed by atoms with E-state index in [9.17, 15) is 40.5 Å². The van der Waals surface area contributed by atoms with Crippen LogP contribution in [0.4, 0.5) is 0 Å². The molecule has 0 aromatic carbocycles. The number of hydrogen-bond donors (Lipinski definition) is 7. The summed E-state index contributed by atoms with van der Waals surface area (Å²) in [6, 6.07) is 0. The first kappa shape index (κ1) is 70.3. The normalized spacial score (nSPS) is 24.6.